The molecule has 0 radical (unpaired) electrons. The van der Waals surface area contributed by atoms with Crippen molar-refractivity contribution < 1.29 is 14.0 Å². The van der Waals surface area contributed by atoms with Crippen LogP contribution in [0.5, 0.6) is 0 Å². The lowest BCUT2D eigenvalue weighted by atomic mass is 9.98. The summed E-state index contributed by atoms with van der Waals surface area (Å²) in [7, 11) is 0. The van der Waals surface area contributed by atoms with Gasteiger partial charge in [-0.15, -0.1) is 12.4 Å². The number of fused-ring (bicyclic) bond motifs is 1. The van der Waals surface area contributed by atoms with Crippen LogP contribution >= 0.6 is 12.4 Å². The van der Waals surface area contributed by atoms with Crippen LogP contribution in [-0.4, -0.2) is 42.0 Å². The van der Waals surface area contributed by atoms with E-state index < -0.39 is 6.04 Å². The highest BCUT2D eigenvalue weighted by molar-refractivity contribution is 5.87. The fourth-order valence-corrected chi connectivity index (χ4v) is 4.25. The number of likely N-dealkylation sites (tertiary alicyclic amines) is 1. The summed E-state index contributed by atoms with van der Waals surface area (Å²) in [5, 5.41) is 5.54. The maximum Gasteiger partial charge on any atom is 0.315 e. The van der Waals surface area contributed by atoms with Gasteiger partial charge < -0.3 is 21.3 Å². The van der Waals surface area contributed by atoms with Crippen LogP contribution in [0.25, 0.3) is 0 Å². The number of carbonyl (C=O) groups is 2. The molecule has 4 atom stereocenters. The highest BCUT2D eigenvalue weighted by atomic mass is 35.5. The third-order valence-electron chi connectivity index (χ3n) is 5.77. The molecule has 1 aliphatic heterocycles. The number of hydrogen-bond donors (Lipinski definition) is 3. The van der Waals surface area contributed by atoms with Crippen molar-refractivity contribution in [3.63, 3.8) is 0 Å². The highest BCUT2D eigenvalue weighted by Crippen LogP contribution is 2.37. The number of halogens is 2. The minimum atomic E-state index is -0.529. The maximum absolute atomic E-state index is 12.9. The maximum atomic E-state index is 12.9. The molecule has 8 heteroatoms. The predicted molar refractivity (Wildman–Crippen MR) is 108 cm³/mol. The Labute approximate surface area is 171 Å². The van der Waals surface area contributed by atoms with Crippen molar-refractivity contribution in [3.8, 4) is 0 Å². The molecular weight excluding hydrogens is 383 g/mol. The minimum absolute atomic E-state index is 0. The SMILES string of the molecule is CCCC(NC(=O)NCc1ccc(F)cc1)C(=O)N1CC2CCC(N)C2C1.Cl. The third-order valence-corrected chi connectivity index (χ3v) is 5.77. The fourth-order valence-electron chi connectivity index (χ4n) is 4.25. The molecular formula is C20H30ClFN4O2. The highest BCUT2D eigenvalue weighted by Gasteiger charge is 2.43. The normalized spacial score (nSPS) is 24.2. The topological polar surface area (TPSA) is 87.5 Å². The summed E-state index contributed by atoms with van der Waals surface area (Å²) >= 11 is 0. The summed E-state index contributed by atoms with van der Waals surface area (Å²) in [6.45, 7) is 3.72. The molecule has 6 nitrogen and oxygen atoms in total. The van der Waals surface area contributed by atoms with Crippen LogP contribution in [-0.2, 0) is 11.3 Å². The smallest absolute Gasteiger partial charge is 0.315 e. The summed E-state index contributed by atoms with van der Waals surface area (Å²) in [6, 6.07) is 5.22. The van der Waals surface area contributed by atoms with E-state index in [1.54, 1.807) is 12.1 Å². The molecule has 0 bridgehead atoms. The molecule has 4 unspecified atom stereocenters. The van der Waals surface area contributed by atoms with Gasteiger partial charge in [0.05, 0.1) is 0 Å². The van der Waals surface area contributed by atoms with E-state index in [0.717, 1.165) is 31.4 Å². The lowest BCUT2D eigenvalue weighted by Crippen LogP contribution is -2.51. The summed E-state index contributed by atoms with van der Waals surface area (Å²) < 4.78 is 12.9. The molecule has 1 aliphatic carbocycles. The van der Waals surface area contributed by atoms with Crippen molar-refractivity contribution in [2.75, 3.05) is 13.1 Å². The van der Waals surface area contributed by atoms with Crippen LogP contribution in [0, 0.1) is 17.7 Å². The van der Waals surface area contributed by atoms with Crippen LogP contribution in [0.4, 0.5) is 9.18 Å². The largest absolute Gasteiger partial charge is 0.340 e. The molecule has 2 aliphatic rings. The van der Waals surface area contributed by atoms with Crippen molar-refractivity contribution in [2.45, 2.75) is 51.2 Å². The van der Waals surface area contributed by atoms with Gasteiger partial charge in [-0.1, -0.05) is 25.5 Å². The Morgan fingerprint density at radius 3 is 2.61 bits per heavy atom. The van der Waals surface area contributed by atoms with Crippen LogP contribution in [0.15, 0.2) is 24.3 Å². The monoisotopic (exact) mass is 412 g/mol. The van der Waals surface area contributed by atoms with Gasteiger partial charge in [0.15, 0.2) is 0 Å². The van der Waals surface area contributed by atoms with E-state index in [2.05, 4.69) is 10.6 Å². The number of amides is 3. The Kier molecular flexibility index (Phi) is 8.07. The third kappa shape index (κ3) is 5.35. The van der Waals surface area contributed by atoms with E-state index in [4.69, 9.17) is 5.73 Å². The van der Waals surface area contributed by atoms with Gasteiger partial charge in [0.1, 0.15) is 11.9 Å². The first kappa shape index (κ1) is 22.4. The van der Waals surface area contributed by atoms with E-state index in [1.165, 1.54) is 12.1 Å². The molecule has 3 amide bonds. The fraction of sp³-hybridized carbons (Fsp3) is 0.600. The van der Waals surface area contributed by atoms with Crippen molar-refractivity contribution in [1.29, 1.82) is 0 Å². The molecule has 3 rings (SSSR count). The summed E-state index contributed by atoms with van der Waals surface area (Å²) in [5.74, 6) is 0.560. The van der Waals surface area contributed by atoms with E-state index in [0.29, 0.717) is 24.8 Å². The van der Waals surface area contributed by atoms with E-state index in [1.807, 2.05) is 11.8 Å². The second-order valence-electron chi connectivity index (χ2n) is 7.70. The average Bonchev–Trinajstić information content (AvgIpc) is 3.22. The molecule has 28 heavy (non-hydrogen) atoms. The minimum Gasteiger partial charge on any atom is -0.340 e. The van der Waals surface area contributed by atoms with Crippen LogP contribution < -0.4 is 16.4 Å². The van der Waals surface area contributed by atoms with Gasteiger partial charge >= 0.3 is 6.03 Å². The number of nitrogens with two attached hydrogens (primary N) is 1. The van der Waals surface area contributed by atoms with Crippen LogP contribution in [0.2, 0.25) is 0 Å². The van der Waals surface area contributed by atoms with Gasteiger partial charge in [0.2, 0.25) is 5.91 Å². The second-order valence-corrected chi connectivity index (χ2v) is 7.70. The van der Waals surface area contributed by atoms with E-state index >= 15 is 0 Å². The molecule has 1 heterocycles. The summed E-state index contributed by atoms with van der Waals surface area (Å²) in [5.41, 5.74) is 6.96. The molecule has 2 fully saturated rings. The molecule has 1 saturated carbocycles. The molecule has 156 valence electrons. The molecule has 1 saturated heterocycles. The lowest BCUT2D eigenvalue weighted by Gasteiger charge is -2.25. The average molecular weight is 413 g/mol. The van der Waals surface area contributed by atoms with Gasteiger partial charge in [-0.05, 0) is 48.8 Å². The van der Waals surface area contributed by atoms with Crippen LogP contribution in [0.1, 0.15) is 38.2 Å². The molecule has 1 aromatic rings. The van der Waals surface area contributed by atoms with Crippen molar-refractivity contribution in [1.82, 2.24) is 15.5 Å². The zero-order valence-corrected chi connectivity index (χ0v) is 17.0. The van der Waals surface area contributed by atoms with Gasteiger partial charge in [-0.3, -0.25) is 4.79 Å². The predicted octanol–water partition coefficient (Wildman–Crippen LogP) is 2.41. The Balaban J connectivity index is 0.00000280. The molecule has 0 aromatic heterocycles. The van der Waals surface area contributed by atoms with Gasteiger partial charge in [0, 0.05) is 25.7 Å². The van der Waals surface area contributed by atoms with Crippen molar-refractivity contribution in [2.24, 2.45) is 17.6 Å². The number of rotatable bonds is 6. The van der Waals surface area contributed by atoms with Crippen molar-refractivity contribution in [3.05, 3.63) is 35.6 Å². The van der Waals surface area contributed by atoms with E-state index in [-0.39, 0.29) is 42.7 Å². The lowest BCUT2D eigenvalue weighted by molar-refractivity contribution is -0.132. The standard InChI is InChI=1S/C20H29FN4O2.ClH/c1-2-3-18(19(26)25-11-14-6-9-17(22)16(14)12-25)24-20(27)23-10-13-4-7-15(21)8-5-13;/h4-5,7-8,14,16-18H,2-3,6,9-12,22H2,1H3,(H2,23,24,27);1H. The zero-order valence-electron chi connectivity index (χ0n) is 16.2. The van der Waals surface area contributed by atoms with Gasteiger partial charge in [-0.2, -0.15) is 0 Å². The summed E-state index contributed by atoms with van der Waals surface area (Å²) in [4.78, 5) is 27.0. The van der Waals surface area contributed by atoms with Crippen molar-refractivity contribution >= 4 is 24.3 Å². The first-order valence-corrected chi connectivity index (χ1v) is 9.81. The Bertz CT molecular complexity index is 673. The number of benzene rings is 1. The first-order chi connectivity index (χ1) is 13.0. The molecule has 1 aromatic carbocycles. The Morgan fingerprint density at radius 2 is 1.96 bits per heavy atom. The molecule has 0 spiro atoms. The first-order valence-electron chi connectivity index (χ1n) is 9.81. The van der Waals surface area contributed by atoms with Gasteiger partial charge in [0.25, 0.3) is 0 Å². The number of nitrogens with zero attached hydrogens (tertiary/aromatic N) is 1. The zero-order chi connectivity index (χ0) is 19.4. The Morgan fingerprint density at radius 1 is 1.25 bits per heavy atom. The number of nitrogens with one attached hydrogen (secondary N) is 2. The molecule has 4 N–H and O–H groups in total. The number of carbonyl (C=O) groups excluding carboxylic acids is 2. The van der Waals surface area contributed by atoms with E-state index in [9.17, 15) is 14.0 Å². The number of hydrogen-bond acceptors (Lipinski definition) is 3. The number of urea groups is 1. The summed E-state index contributed by atoms with van der Waals surface area (Å²) in [6.07, 6.45) is 3.52. The second kappa shape index (κ2) is 10.1. The van der Waals surface area contributed by atoms with Crippen LogP contribution in [0.3, 0.4) is 0 Å². The van der Waals surface area contributed by atoms with Gasteiger partial charge in [-0.25, -0.2) is 9.18 Å². The quantitative estimate of drug-likeness (QED) is 0.670. The Hall–Kier alpha value is -1.86.